The molecule has 1 atom stereocenters. The number of rotatable bonds is 4. The Labute approximate surface area is 108 Å². The van der Waals surface area contributed by atoms with Crippen molar-refractivity contribution in [2.75, 3.05) is 11.1 Å². The average Bonchev–Trinajstić information content (AvgIpc) is 2.84. The van der Waals surface area contributed by atoms with Gasteiger partial charge in [-0.15, -0.1) is 11.3 Å². The van der Waals surface area contributed by atoms with E-state index >= 15 is 0 Å². The molecule has 2 aromatic heterocycles. The summed E-state index contributed by atoms with van der Waals surface area (Å²) >= 11 is 7.59. The zero-order valence-corrected chi connectivity index (χ0v) is 10.8. The van der Waals surface area contributed by atoms with Gasteiger partial charge in [0.1, 0.15) is 10.0 Å². The number of halogens is 1. The van der Waals surface area contributed by atoms with Gasteiger partial charge >= 0.3 is 0 Å². The van der Waals surface area contributed by atoms with E-state index in [2.05, 4.69) is 27.2 Å². The monoisotopic (exact) mass is 269 g/mol. The van der Waals surface area contributed by atoms with Crippen LogP contribution >= 0.6 is 22.9 Å². The van der Waals surface area contributed by atoms with E-state index in [1.807, 2.05) is 5.38 Å². The first kappa shape index (κ1) is 12.1. The summed E-state index contributed by atoms with van der Waals surface area (Å²) in [6, 6.07) is 0.0850. The summed E-state index contributed by atoms with van der Waals surface area (Å²) in [7, 11) is 0. The summed E-state index contributed by atoms with van der Waals surface area (Å²) in [5, 5.41) is 6.62. The highest BCUT2D eigenvalue weighted by Gasteiger charge is 2.14. The van der Waals surface area contributed by atoms with Gasteiger partial charge in [-0.25, -0.2) is 9.97 Å². The lowest BCUT2D eigenvalue weighted by Crippen LogP contribution is -2.12. The molecule has 0 amide bonds. The Morgan fingerprint density at radius 2 is 2.35 bits per heavy atom. The standard InChI is InChI=1S/C10H12ClN5S/c1-2-7(9-13-3-4-17-9)15-8-6(11)5-14-10(12)16-8/h3-5,7H,2H2,1H3,(H3,12,14,15,16). The van der Waals surface area contributed by atoms with Crippen molar-refractivity contribution in [2.24, 2.45) is 0 Å². The number of thiazole rings is 1. The molecular weight excluding hydrogens is 258 g/mol. The van der Waals surface area contributed by atoms with E-state index in [1.165, 1.54) is 6.20 Å². The fraction of sp³-hybridized carbons (Fsp3) is 0.300. The van der Waals surface area contributed by atoms with Gasteiger partial charge in [0.25, 0.3) is 0 Å². The van der Waals surface area contributed by atoms with Crippen LogP contribution in [-0.2, 0) is 0 Å². The second kappa shape index (κ2) is 5.29. The Morgan fingerprint density at radius 1 is 1.53 bits per heavy atom. The van der Waals surface area contributed by atoms with Gasteiger partial charge in [0.05, 0.1) is 12.2 Å². The summed E-state index contributed by atoms with van der Waals surface area (Å²) < 4.78 is 0. The first-order chi connectivity index (χ1) is 8.20. The summed E-state index contributed by atoms with van der Waals surface area (Å²) in [6.45, 7) is 2.07. The minimum Gasteiger partial charge on any atom is -0.368 e. The number of nitrogens with one attached hydrogen (secondary N) is 1. The molecule has 2 heterocycles. The molecule has 2 rings (SSSR count). The maximum atomic E-state index is 6.00. The van der Waals surface area contributed by atoms with Crippen molar-refractivity contribution >= 4 is 34.7 Å². The lowest BCUT2D eigenvalue weighted by Gasteiger charge is -2.15. The molecule has 0 aliphatic rings. The number of nitrogens with two attached hydrogens (primary N) is 1. The zero-order chi connectivity index (χ0) is 12.3. The minimum absolute atomic E-state index is 0.0850. The van der Waals surface area contributed by atoms with Crippen molar-refractivity contribution in [1.29, 1.82) is 0 Å². The van der Waals surface area contributed by atoms with Crippen LogP contribution in [0, 0.1) is 0 Å². The van der Waals surface area contributed by atoms with Crippen molar-refractivity contribution in [2.45, 2.75) is 19.4 Å². The van der Waals surface area contributed by atoms with Crippen LogP contribution in [0.25, 0.3) is 0 Å². The molecule has 3 N–H and O–H groups in total. The predicted octanol–water partition coefficient (Wildman–Crippen LogP) is 2.73. The minimum atomic E-state index is 0.0850. The van der Waals surface area contributed by atoms with Crippen molar-refractivity contribution < 1.29 is 0 Å². The van der Waals surface area contributed by atoms with Crippen molar-refractivity contribution in [3.63, 3.8) is 0 Å². The number of nitrogens with zero attached hydrogens (tertiary/aromatic N) is 3. The van der Waals surface area contributed by atoms with Crippen LogP contribution in [0.5, 0.6) is 0 Å². The van der Waals surface area contributed by atoms with Crippen LogP contribution in [-0.4, -0.2) is 15.0 Å². The fourth-order valence-electron chi connectivity index (χ4n) is 1.39. The molecule has 90 valence electrons. The molecule has 17 heavy (non-hydrogen) atoms. The van der Waals surface area contributed by atoms with E-state index in [0.29, 0.717) is 10.8 Å². The second-order valence-electron chi connectivity index (χ2n) is 3.40. The van der Waals surface area contributed by atoms with Crippen LogP contribution in [0.2, 0.25) is 5.02 Å². The molecule has 0 saturated heterocycles. The average molecular weight is 270 g/mol. The van der Waals surface area contributed by atoms with Gasteiger partial charge in [-0.2, -0.15) is 4.98 Å². The quantitative estimate of drug-likeness (QED) is 0.892. The number of hydrogen-bond acceptors (Lipinski definition) is 6. The number of aromatic nitrogens is 3. The Morgan fingerprint density at radius 3 is 3.00 bits per heavy atom. The fourth-order valence-corrected chi connectivity index (χ4v) is 2.31. The molecule has 2 aromatic rings. The Bertz CT molecular complexity index is 487. The highest BCUT2D eigenvalue weighted by atomic mass is 35.5. The van der Waals surface area contributed by atoms with Crippen LogP contribution in [0.15, 0.2) is 17.8 Å². The molecule has 0 bridgehead atoms. The molecule has 1 unspecified atom stereocenters. The van der Waals surface area contributed by atoms with Gasteiger partial charge in [0.2, 0.25) is 5.95 Å². The summed E-state index contributed by atoms with van der Waals surface area (Å²) in [6.07, 6.45) is 4.15. The number of nitrogen functional groups attached to an aromatic ring is 1. The van der Waals surface area contributed by atoms with Crippen molar-refractivity contribution in [3.05, 3.63) is 27.8 Å². The summed E-state index contributed by atoms with van der Waals surface area (Å²) in [5.74, 6) is 0.743. The number of hydrogen-bond donors (Lipinski definition) is 2. The van der Waals surface area contributed by atoms with Gasteiger partial charge in [0.15, 0.2) is 5.82 Å². The molecule has 0 aliphatic carbocycles. The molecular formula is C10H12ClN5S. The van der Waals surface area contributed by atoms with E-state index in [9.17, 15) is 0 Å². The van der Waals surface area contributed by atoms with Gasteiger partial charge in [-0.05, 0) is 6.42 Å². The van der Waals surface area contributed by atoms with Crippen LogP contribution in [0.1, 0.15) is 24.4 Å². The molecule has 0 aliphatic heterocycles. The van der Waals surface area contributed by atoms with Gasteiger partial charge in [-0.1, -0.05) is 18.5 Å². The normalized spacial score (nSPS) is 12.4. The SMILES string of the molecule is CCC(Nc1nc(N)ncc1Cl)c1nccs1. The lowest BCUT2D eigenvalue weighted by molar-refractivity contribution is 0.737. The molecule has 0 saturated carbocycles. The van der Waals surface area contributed by atoms with E-state index in [-0.39, 0.29) is 12.0 Å². The third-order valence-electron chi connectivity index (χ3n) is 2.23. The molecule has 5 nitrogen and oxygen atoms in total. The van der Waals surface area contributed by atoms with Crippen LogP contribution in [0.3, 0.4) is 0 Å². The highest BCUT2D eigenvalue weighted by molar-refractivity contribution is 7.09. The maximum Gasteiger partial charge on any atom is 0.222 e. The molecule has 0 aromatic carbocycles. The largest absolute Gasteiger partial charge is 0.368 e. The first-order valence-corrected chi connectivity index (χ1v) is 6.40. The van der Waals surface area contributed by atoms with Crippen LogP contribution < -0.4 is 11.1 Å². The third-order valence-corrected chi connectivity index (χ3v) is 3.40. The van der Waals surface area contributed by atoms with Gasteiger partial charge in [0, 0.05) is 11.6 Å². The van der Waals surface area contributed by atoms with Gasteiger partial charge in [-0.3, -0.25) is 0 Å². The van der Waals surface area contributed by atoms with Crippen molar-refractivity contribution in [3.8, 4) is 0 Å². The third kappa shape index (κ3) is 2.83. The Kier molecular flexibility index (Phi) is 3.75. The Balaban J connectivity index is 2.21. The first-order valence-electron chi connectivity index (χ1n) is 5.14. The predicted molar refractivity (Wildman–Crippen MR) is 70.2 cm³/mol. The lowest BCUT2D eigenvalue weighted by atomic mass is 10.2. The summed E-state index contributed by atoms with van der Waals surface area (Å²) in [4.78, 5) is 12.2. The van der Waals surface area contributed by atoms with E-state index in [0.717, 1.165) is 11.4 Å². The molecule has 0 radical (unpaired) electrons. The Hall–Kier alpha value is -1.40. The molecule has 7 heteroatoms. The van der Waals surface area contributed by atoms with Crippen LogP contribution in [0.4, 0.5) is 11.8 Å². The van der Waals surface area contributed by atoms with E-state index in [4.69, 9.17) is 17.3 Å². The second-order valence-corrected chi connectivity index (χ2v) is 4.73. The molecule has 0 fully saturated rings. The van der Waals surface area contributed by atoms with Crippen molar-refractivity contribution in [1.82, 2.24) is 15.0 Å². The molecule has 0 spiro atoms. The van der Waals surface area contributed by atoms with E-state index < -0.39 is 0 Å². The highest BCUT2D eigenvalue weighted by Crippen LogP contribution is 2.27. The zero-order valence-electron chi connectivity index (χ0n) is 9.22. The maximum absolute atomic E-state index is 6.00. The summed E-state index contributed by atoms with van der Waals surface area (Å²) in [5.41, 5.74) is 5.53. The topological polar surface area (TPSA) is 76.7 Å². The van der Waals surface area contributed by atoms with E-state index in [1.54, 1.807) is 17.5 Å². The smallest absolute Gasteiger partial charge is 0.222 e. The number of anilines is 2. The van der Waals surface area contributed by atoms with Gasteiger partial charge < -0.3 is 11.1 Å².